The van der Waals surface area contributed by atoms with Crippen molar-refractivity contribution < 1.29 is 19.4 Å². The zero-order chi connectivity index (χ0) is 24.0. The number of halogens is 1. The number of hydrogen-bond acceptors (Lipinski definition) is 4. The minimum absolute atomic E-state index is 0.00102. The quantitative estimate of drug-likeness (QED) is 0.222. The number of ether oxygens (including phenoxy) is 1. The molecule has 0 aliphatic heterocycles. The standard InChI is InChI=1S/C26H21IN2O4/c1-16-3-4-17(2)23(11-16)29-25(30)21(14-28)12-19-7-10-24(22(27)13-19)33-15-18-5-8-20(9-6-18)26(31)32/h3-13H,15H2,1-2H3,(H,29,30)(H,31,32)/b21-12+. The van der Waals surface area contributed by atoms with Crippen LogP contribution in [0.3, 0.4) is 0 Å². The van der Waals surface area contributed by atoms with E-state index in [1.165, 1.54) is 18.2 Å². The minimum atomic E-state index is -0.972. The Morgan fingerprint density at radius 3 is 2.45 bits per heavy atom. The second kappa shape index (κ2) is 10.8. The smallest absolute Gasteiger partial charge is 0.335 e. The summed E-state index contributed by atoms with van der Waals surface area (Å²) in [7, 11) is 0. The lowest BCUT2D eigenvalue weighted by Crippen LogP contribution is -2.14. The summed E-state index contributed by atoms with van der Waals surface area (Å²) in [5.74, 6) is -0.792. The van der Waals surface area contributed by atoms with Gasteiger partial charge >= 0.3 is 5.97 Å². The summed E-state index contributed by atoms with van der Waals surface area (Å²) in [6.07, 6.45) is 1.54. The van der Waals surface area contributed by atoms with Gasteiger partial charge in [-0.15, -0.1) is 0 Å². The van der Waals surface area contributed by atoms with Crippen molar-refractivity contribution >= 4 is 46.2 Å². The van der Waals surface area contributed by atoms with E-state index in [1.54, 1.807) is 24.3 Å². The van der Waals surface area contributed by atoms with E-state index in [1.807, 2.05) is 44.2 Å². The van der Waals surface area contributed by atoms with Gasteiger partial charge in [0, 0.05) is 5.69 Å². The summed E-state index contributed by atoms with van der Waals surface area (Å²) < 4.78 is 6.66. The van der Waals surface area contributed by atoms with Crippen LogP contribution < -0.4 is 10.1 Å². The van der Waals surface area contributed by atoms with E-state index < -0.39 is 11.9 Å². The van der Waals surface area contributed by atoms with Gasteiger partial charge in [-0.05, 0) is 95.1 Å². The molecule has 0 aliphatic rings. The van der Waals surface area contributed by atoms with Crippen molar-refractivity contribution in [2.45, 2.75) is 20.5 Å². The Balaban J connectivity index is 1.70. The molecule has 2 N–H and O–H groups in total. The molecule has 3 aromatic carbocycles. The molecule has 1 amide bonds. The van der Waals surface area contributed by atoms with Crippen LogP contribution in [-0.4, -0.2) is 17.0 Å². The van der Waals surface area contributed by atoms with E-state index >= 15 is 0 Å². The number of aromatic carboxylic acids is 1. The van der Waals surface area contributed by atoms with E-state index in [4.69, 9.17) is 9.84 Å². The summed E-state index contributed by atoms with van der Waals surface area (Å²) >= 11 is 2.13. The van der Waals surface area contributed by atoms with Crippen LogP contribution in [0, 0.1) is 28.7 Å². The maximum absolute atomic E-state index is 12.6. The number of carbonyl (C=O) groups excluding carboxylic acids is 1. The van der Waals surface area contributed by atoms with Gasteiger partial charge < -0.3 is 15.2 Å². The van der Waals surface area contributed by atoms with Gasteiger partial charge in [-0.2, -0.15) is 5.26 Å². The third kappa shape index (κ3) is 6.43. The Morgan fingerprint density at radius 2 is 1.82 bits per heavy atom. The Morgan fingerprint density at radius 1 is 1.09 bits per heavy atom. The largest absolute Gasteiger partial charge is 0.488 e. The Labute approximate surface area is 205 Å². The summed E-state index contributed by atoms with van der Waals surface area (Å²) in [6.45, 7) is 4.12. The molecule has 0 saturated carbocycles. The number of nitrogens with one attached hydrogen (secondary N) is 1. The van der Waals surface area contributed by atoms with Gasteiger partial charge in [0.15, 0.2) is 0 Å². The van der Waals surface area contributed by atoms with Crippen molar-refractivity contribution in [1.82, 2.24) is 0 Å². The lowest BCUT2D eigenvalue weighted by atomic mass is 10.1. The van der Waals surface area contributed by atoms with Crippen molar-refractivity contribution in [3.8, 4) is 11.8 Å². The summed E-state index contributed by atoms with van der Waals surface area (Å²) in [6, 6.07) is 19.6. The van der Waals surface area contributed by atoms with Crippen molar-refractivity contribution in [2.24, 2.45) is 0 Å². The summed E-state index contributed by atoms with van der Waals surface area (Å²) in [4.78, 5) is 23.6. The lowest BCUT2D eigenvalue weighted by molar-refractivity contribution is -0.112. The van der Waals surface area contributed by atoms with Crippen LogP contribution in [0.1, 0.15) is 32.6 Å². The molecule has 0 radical (unpaired) electrons. The first-order chi connectivity index (χ1) is 15.8. The highest BCUT2D eigenvalue weighted by molar-refractivity contribution is 14.1. The van der Waals surface area contributed by atoms with Crippen LogP contribution in [0.15, 0.2) is 66.2 Å². The maximum Gasteiger partial charge on any atom is 0.335 e. The molecule has 33 heavy (non-hydrogen) atoms. The molecule has 3 rings (SSSR count). The second-order valence-electron chi connectivity index (χ2n) is 7.42. The van der Waals surface area contributed by atoms with E-state index in [0.29, 0.717) is 17.0 Å². The topological polar surface area (TPSA) is 99.4 Å². The SMILES string of the molecule is Cc1ccc(C)c(NC(=O)/C(C#N)=C/c2ccc(OCc3ccc(C(=O)O)cc3)c(I)c2)c1. The van der Waals surface area contributed by atoms with Crippen molar-refractivity contribution in [1.29, 1.82) is 5.26 Å². The van der Waals surface area contributed by atoms with Crippen molar-refractivity contribution in [2.75, 3.05) is 5.32 Å². The zero-order valence-electron chi connectivity index (χ0n) is 18.1. The minimum Gasteiger partial charge on any atom is -0.488 e. The van der Waals surface area contributed by atoms with Gasteiger partial charge in [-0.3, -0.25) is 4.79 Å². The Kier molecular flexibility index (Phi) is 7.85. The van der Waals surface area contributed by atoms with Gasteiger partial charge in [0.25, 0.3) is 5.91 Å². The first-order valence-corrected chi connectivity index (χ1v) is 11.1. The molecular formula is C26H21IN2O4. The van der Waals surface area contributed by atoms with Crippen LogP contribution in [0.25, 0.3) is 6.08 Å². The molecule has 0 aliphatic carbocycles. The van der Waals surface area contributed by atoms with E-state index in [0.717, 1.165) is 20.3 Å². The molecule has 7 heteroatoms. The van der Waals surface area contributed by atoms with Crippen LogP contribution in [0.5, 0.6) is 5.75 Å². The van der Waals surface area contributed by atoms with Crippen LogP contribution in [0.2, 0.25) is 0 Å². The van der Waals surface area contributed by atoms with E-state index in [2.05, 4.69) is 27.9 Å². The Bertz CT molecular complexity index is 1270. The average molecular weight is 552 g/mol. The van der Waals surface area contributed by atoms with Crippen LogP contribution >= 0.6 is 22.6 Å². The predicted molar refractivity (Wildman–Crippen MR) is 135 cm³/mol. The van der Waals surface area contributed by atoms with Gasteiger partial charge in [0.1, 0.15) is 24.0 Å². The number of amides is 1. The molecule has 6 nitrogen and oxygen atoms in total. The molecule has 0 spiro atoms. The number of anilines is 1. The number of rotatable bonds is 7. The molecule has 0 aromatic heterocycles. The number of hydrogen-bond donors (Lipinski definition) is 2. The monoisotopic (exact) mass is 552 g/mol. The molecule has 0 fully saturated rings. The van der Waals surface area contributed by atoms with Gasteiger partial charge in [0.05, 0.1) is 9.13 Å². The first-order valence-electron chi connectivity index (χ1n) is 10.0. The average Bonchev–Trinajstić information content (AvgIpc) is 2.79. The molecule has 166 valence electrons. The molecule has 0 bridgehead atoms. The van der Waals surface area contributed by atoms with Crippen LogP contribution in [-0.2, 0) is 11.4 Å². The van der Waals surface area contributed by atoms with E-state index in [-0.39, 0.29) is 17.7 Å². The fourth-order valence-electron chi connectivity index (χ4n) is 3.00. The fraction of sp³-hybridized carbons (Fsp3) is 0.115. The fourth-order valence-corrected chi connectivity index (χ4v) is 3.70. The summed E-state index contributed by atoms with van der Waals surface area (Å²) in [5.41, 5.74) is 4.37. The number of carboxylic acid groups (broad SMARTS) is 1. The third-order valence-electron chi connectivity index (χ3n) is 4.87. The number of carbonyl (C=O) groups is 2. The molecule has 0 atom stereocenters. The highest BCUT2D eigenvalue weighted by Gasteiger charge is 2.12. The maximum atomic E-state index is 12.6. The Hall–Kier alpha value is -3.64. The number of nitrogens with zero attached hydrogens (tertiary/aromatic N) is 1. The number of benzene rings is 3. The lowest BCUT2D eigenvalue weighted by Gasteiger charge is -2.10. The normalized spacial score (nSPS) is 10.9. The van der Waals surface area contributed by atoms with Gasteiger partial charge in [0.2, 0.25) is 0 Å². The molecule has 0 saturated heterocycles. The highest BCUT2D eigenvalue weighted by atomic mass is 127. The summed E-state index contributed by atoms with van der Waals surface area (Å²) in [5, 5.41) is 21.3. The molecular weight excluding hydrogens is 531 g/mol. The van der Waals surface area contributed by atoms with Gasteiger partial charge in [-0.1, -0.05) is 30.3 Å². The number of aryl methyl sites for hydroxylation is 2. The molecule has 0 unspecified atom stereocenters. The molecule has 3 aromatic rings. The van der Waals surface area contributed by atoms with Crippen LogP contribution in [0.4, 0.5) is 5.69 Å². The zero-order valence-corrected chi connectivity index (χ0v) is 20.2. The number of carboxylic acids is 1. The predicted octanol–water partition coefficient (Wildman–Crippen LogP) is 5.73. The van der Waals surface area contributed by atoms with Crippen molar-refractivity contribution in [3.05, 3.63) is 97.6 Å². The first kappa shape index (κ1) is 24.0. The second-order valence-corrected chi connectivity index (χ2v) is 8.59. The van der Waals surface area contributed by atoms with Crippen molar-refractivity contribution in [3.63, 3.8) is 0 Å². The highest BCUT2D eigenvalue weighted by Crippen LogP contribution is 2.25. The van der Waals surface area contributed by atoms with Gasteiger partial charge in [-0.25, -0.2) is 4.79 Å². The van der Waals surface area contributed by atoms with E-state index in [9.17, 15) is 14.9 Å². The number of nitriles is 1. The third-order valence-corrected chi connectivity index (χ3v) is 5.71. The molecule has 0 heterocycles.